The summed E-state index contributed by atoms with van der Waals surface area (Å²) in [5, 5.41) is 10.9. The van der Waals surface area contributed by atoms with Gasteiger partial charge in [0.25, 0.3) is 0 Å². The van der Waals surface area contributed by atoms with Gasteiger partial charge in [-0.1, -0.05) is 0 Å². The SMILES string of the molecule is CNCc1cnn(C)n1. The van der Waals surface area contributed by atoms with Gasteiger partial charge < -0.3 is 5.32 Å². The molecule has 0 aromatic carbocycles. The largest absolute Gasteiger partial charge is 0.314 e. The van der Waals surface area contributed by atoms with Gasteiger partial charge >= 0.3 is 0 Å². The van der Waals surface area contributed by atoms with Crippen molar-refractivity contribution in [1.82, 2.24) is 20.3 Å². The first-order chi connectivity index (χ1) is 4.33. The molecule has 0 amide bonds. The van der Waals surface area contributed by atoms with Gasteiger partial charge in [0.15, 0.2) is 0 Å². The van der Waals surface area contributed by atoms with Crippen molar-refractivity contribution >= 4 is 0 Å². The van der Waals surface area contributed by atoms with Crippen molar-refractivity contribution in [3.05, 3.63) is 11.9 Å². The smallest absolute Gasteiger partial charge is 0.0964 e. The molecule has 0 radical (unpaired) electrons. The minimum absolute atomic E-state index is 0.786. The zero-order chi connectivity index (χ0) is 6.69. The average Bonchev–Trinajstić information content (AvgIpc) is 2.17. The highest BCUT2D eigenvalue weighted by Crippen LogP contribution is 1.86. The predicted molar refractivity (Wildman–Crippen MR) is 33.8 cm³/mol. The number of nitrogens with one attached hydrogen (secondary N) is 1. The van der Waals surface area contributed by atoms with Gasteiger partial charge in [-0.15, -0.1) is 0 Å². The van der Waals surface area contributed by atoms with Crippen LogP contribution in [-0.2, 0) is 13.6 Å². The van der Waals surface area contributed by atoms with Crippen molar-refractivity contribution in [1.29, 1.82) is 0 Å². The molecule has 0 unspecified atom stereocenters. The van der Waals surface area contributed by atoms with Gasteiger partial charge in [-0.05, 0) is 7.05 Å². The lowest BCUT2D eigenvalue weighted by Gasteiger charge is -1.88. The third-order valence-corrected chi connectivity index (χ3v) is 1.00. The van der Waals surface area contributed by atoms with E-state index in [9.17, 15) is 0 Å². The van der Waals surface area contributed by atoms with Crippen LogP contribution >= 0.6 is 0 Å². The molecule has 0 aliphatic carbocycles. The Morgan fingerprint density at radius 2 is 2.56 bits per heavy atom. The Labute approximate surface area is 53.9 Å². The summed E-state index contributed by atoms with van der Waals surface area (Å²) < 4.78 is 0. The molecular weight excluding hydrogens is 116 g/mol. The minimum Gasteiger partial charge on any atom is -0.314 e. The molecule has 50 valence electrons. The van der Waals surface area contributed by atoms with Crippen molar-refractivity contribution in [2.24, 2.45) is 7.05 Å². The first-order valence-electron chi connectivity index (χ1n) is 2.82. The van der Waals surface area contributed by atoms with Gasteiger partial charge in [0.1, 0.15) is 0 Å². The third-order valence-electron chi connectivity index (χ3n) is 1.00. The number of hydrogen-bond donors (Lipinski definition) is 1. The molecule has 0 saturated carbocycles. The van der Waals surface area contributed by atoms with E-state index in [1.54, 1.807) is 18.0 Å². The van der Waals surface area contributed by atoms with E-state index in [0.717, 1.165) is 12.2 Å². The summed E-state index contributed by atoms with van der Waals surface area (Å²) in [7, 11) is 3.69. The van der Waals surface area contributed by atoms with E-state index < -0.39 is 0 Å². The van der Waals surface area contributed by atoms with E-state index in [2.05, 4.69) is 15.5 Å². The van der Waals surface area contributed by atoms with Crippen LogP contribution in [0.2, 0.25) is 0 Å². The molecule has 0 fully saturated rings. The summed E-state index contributed by atoms with van der Waals surface area (Å²) in [6.07, 6.45) is 1.75. The van der Waals surface area contributed by atoms with E-state index in [1.165, 1.54) is 0 Å². The average molecular weight is 126 g/mol. The highest BCUT2D eigenvalue weighted by molar-refractivity contribution is 4.89. The lowest BCUT2D eigenvalue weighted by atomic mass is 10.5. The zero-order valence-electron chi connectivity index (χ0n) is 5.63. The van der Waals surface area contributed by atoms with Crippen LogP contribution in [0.25, 0.3) is 0 Å². The van der Waals surface area contributed by atoms with Gasteiger partial charge in [0, 0.05) is 13.6 Å². The van der Waals surface area contributed by atoms with Gasteiger partial charge in [-0.3, -0.25) is 0 Å². The molecule has 4 nitrogen and oxygen atoms in total. The number of hydrogen-bond acceptors (Lipinski definition) is 3. The van der Waals surface area contributed by atoms with Crippen LogP contribution < -0.4 is 5.32 Å². The van der Waals surface area contributed by atoms with Gasteiger partial charge in [0.2, 0.25) is 0 Å². The fraction of sp³-hybridized carbons (Fsp3) is 0.600. The van der Waals surface area contributed by atoms with Crippen LogP contribution in [0, 0.1) is 0 Å². The van der Waals surface area contributed by atoms with Crippen molar-refractivity contribution in [2.75, 3.05) is 7.05 Å². The molecule has 0 atom stereocenters. The maximum atomic E-state index is 4.04. The second-order valence-electron chi connectivity index (χ2n) is 1.86. The highest BCUT2D eigenvalue weighted by Gasteiger charge is 1.92. The molecule has 0 saturated heterocycles. The molecule has 0 aliphatic rings. The molecule has 4 heteroatoms. The molecule has 1 heterocycles. The van der Waals surface area contributed by atoms with Crippen LogP contribution in [0.1, 0.15) is 5.69 Å². The summed E-state index contributed by atoms with van der Waals surface area (Å²) in [5.41, 5.74) is 0.972. The number of nitrogens with zero attached hydrogens (tertiary/aromatic N) is 3. The molecule has 9 heavy (non-hydrogen) atoms. The number of aromatic nitrogens is 3. The Bertz CT molecular complexity index is 181. The first-order valence-corrected chi connectivity index (χ1v) is 2.82. The van der Waals surface area contributed by atoms with Crippen molar-refractivity contribution in [3.8, 4) is 0 Å². The summed E-state index contributed by atoms with van der Waals surface area (Å²) in [6.45, 7) is 0.786. The van der Waals surface area contributed by atoms with E-state index in [-0.39, 0.29) is 0 Å². The molecule has 0 spiro atoms. The summed E-state index contributed by atoms with van der Waals surface area (Å²) in [4.78, 5) is 1.55. The van der Waals surface area contributed by atoms with Crippen LogP contribution in [-0.4, -0.2) is 22.0 Å². The molecule has 1 aromatic heterocycles. The number of aryl methyl sites for hydroxylation is 1. The maximum Gasteiger partial charge on any atom is 0.0964 e. The van der Waals surface area contributed by atoms with Crippen LogP contribution in [0.15, 0.2) is 6.20 Å². The Balaban J connectivity index is 2.61. The maximum absolute atomic E-state index is 4.04. The Morgan fingerprint density at radius 3 is 3.00 bits per heavy atom. The minimum atomic E-state index is 0.786. The second kappa shape index (κ2) is 2.59. The fourth-order valence-electron chi connectivity index (χ4n) is 0.650. The van der Waals surface area contributed by atoms with Crippen molar-refractivity contribution in [3.63, 3.8) is 0 Å². The second-order valence-corrected chi connectivity index (χ2v) is 1.86. The van der Waals surface area contributed by atoms with E-state index >= 15 is 0 Å². The fourth-order valence-corrected chi connectivity index (χ4v) is 0.650. The van der Waals surface area contributed by atoms with Crippen LogP contribution in [0.3, 0.4) is 0 Å². The van der Waals surface area contributed by atoms with Crippen molar-refractivity contribution in [2.45, 2.75) is 6.54 Å². The zero-order valence-corrected chi connectivity index (χ0v) is 5.63. The number of rotatable bonds is 2. The Kier molecular flexibility index (Phi) is 1.79. The molecule has 1 N–H and O–H groups in total. The summed E-state index contributed by atoms with van der Waals surface area (Å²) >= 11 is 0. The van der Waals surface area contributed by atoms with E-state index in [4.69, 9.17) is 0 Å². The third kappa shape index (κ3) is 1.50. The summed E-state index contributed by atoms with van der Waals surface area (Å²) in [5.74, 6) is 0. The van der Waals surface area contributed by atoms with Gasteiger partial charge in [-0.2, -0.15) is 15.0 Å². The molecule has 1 rings (SSSR count). The normalized spacial score (nSPS) is 10.0. The topological polar surface area (TPSA) is 42.7 Å². The Hall–Kier alpha value is -0.900. The summed E-state index contributed by atoms with van der Waals surface area (Å²) in [6, 6.07) is 0. The molecular formula is C5H10N4. The van der Waals surface area contributed by atoms with Crippen molar-refractivity contribution < 1.29 is 0 Å². The van der Waals surface area contributed by atoms with Crippen LogP contribution in [0.4, 0.5) is 0 Å². The van der Waals surface area contributed by atoms with E-state index in [0.29, 0.717) is 0 Å². The predicted octanol–water partition coefficient (Wildman–Crippen LogP) is -0.466. The monoisotopic (exact) mass is 126 g/mol. The van der Waals surface area contributed by atoms with E-state index in [1.807, 2.05) is 7.05 Å². The van der Waals surface area contributed by atoms with Crippen LogP contribution in [0.5, 0.6) is 0 Å². The molecule has 0 aliphatic heterocycles. The molecule has 1 aromatic rings. The van der Waals surface area contributed by atoms with Gasteiger partial charge in [0.05, 0.1) is 11.9 Å². The lowest BCUT2D eigenvalue weighted by molar-refractivity contribution is 0.638. The Morgan fingerprint density at radius 1 is 1.78 bits per heavy atom. The van der Waals surface area contributed by atoms with Gasteiger partial charge in [-0.25, -0.2) is 0 Å². The standard InChI is InChI=1S/C5H10N4/c1-6-3-5-4-7-9(2)8-5/h4,6H,3H2,1-2H3. The first kappa shape index (κ1) is 6.22. The molecule has 0 bridgehead atoms. The lowest BCUT2D eigenvalue weighted by Crippen LogP contribution is -2.05. The highest BCUT2D eigenvalue weighted by atomic mass is 15.4. The quantitative estimate of drug-likeness (QED) is 0.582.